The van der Waals surface area contributed by atoms with Gasteiger partial charge in [0.1, 0.15) is 0 Å². The zero-order chi connectivity index (χ0) is 11.3. The summed E-state index contributed by atoms with van der Waals surface area (Å²) in [4.78, 5) is 2.77. The van der Waals surface area contributed by atoms with Crippen LogP contribution < -0.4 is 0 Å². The molecule has 0 N–H and O–H groups in total. The van der Waals surface area contributed by atoms with Crippen LogP contribution >= 0.6 is 0 Å². The van der Waals surface area contributed by atoms with Crippen molar-refractivity contribution in [1.82, 2.24) is 4.90 Å². The Hall–Kier alpha value is -0.0400. The molecular weight excluding hydrogens is 182 g/mol. The first-order valence-electron chi connectivity index (χ1n) is 6.91. The Morgan fingerprint density at radius 1 is 1.00 bits per heavy atom. The van der Waals surface area contributed by atoms with Crippen LogP contribution in [0.15, 0.2) is 0 Å². The van der Waals surface area contributed by atoms with Crippen molar-refractivity contribution in [3.63, 3.8) is 0 Å². The van der Waals surface area contributed by atoms with Crippen LogP contribution in [0.3, 0.4) is 0 Å². The fraction of sp³-hybridized carbons (Fsp3) is 1.00. The van der Waals surface area contributed by atoms with Crippen LogP contribution in [0.1, 0.15) is 59.8 Å². The number of nitrogens with zero attached hydrogens (tertiary/aromatic N) is 1. The summed E-state index contributed by atoms with van der Waals surface area (Å²) in [6, 6.07) is 0.866. The van der Waals surface area contributed by atoms with Gasteiger partial charge in [0.15, 0.2) is 0 Å². The zero-order valence-electron chi connectivity index (χ0n) is 11.1. The van der Waals surface area contributed by atoms with Gasteiger partial charge in [-0.2, -0.15) is 0 Å². The van der Waals surface area contributed by atoms with E-state index in [1.165, 1.54) is 45.2 Å². The maximum absolute atomic E-state index is 2.77. The monoisotopic (exact) mass is 211 g/mol. The highest BCUT2D eigenvalue weighted by Crippen LogP contribution is 2.25. The summed E-state index contributed by atoms with van der Waals surface area (Å²) in [5, 5.41) is 0. The summed E-state index contributed by atoms with van der Waals surface area (Å²) >= 11 is 0. The third-order valence-corrected chi connectivity index (χ3v) is 3.66. The minimum Gasteiger partial charge on any atom is -0.300 e. The van der Waals surface area contributed by atoms with Gasteiger partial charge < -0.3 is 0 Å². The van der Waals surface area contributed by atoms with Gasteiger partial charge in [0.2, 0.25) is 0 Å². The van der Waals surface area contributed by atoms with Crippen LogP contribution in [0.5, 0.6) is 0 Å². The van der Waals surface area contributed by atoms with E-state index in [4.69, 9.17) is 0 Å². The molecule has 0 bridgehead atoms. The van der Waals surface area contributed by atoms with Crippen LogP contribution in [0.4, 0.5) is 0 Å². The van der Waals surface area contributed by atoms with E-state index in [0.29, 0.717) is 0 Å². The van der Waals surface area contributed by atoms with Crippen molar-refractivity contribution in [3.05, 3.63) is 0 Å². The Morgan fingerprint density at radius 3 is 1.87 bits per heavy atom. The SMILES string of the molecule is CCCC(CCC)N1C[C@H](C)C[C@H](C)C1. The number of hydrogen-bond donors (Lipinski definition) is 0. The normalized spacial score (nSPS) is 28.6. The first kappa shape index (κ1) is 13.0. The van der Waals surface area contributed by atoms with Crippen molar-refractivity contribution in [2.75, 3.05) is 13.1 Å². The highest BCUT2D eigenvalue weighted by atomic mass is 15.2. The summed E-state index contributed by atoms with van der Waals surface area (Å²) in [6.45, 7) is 12.2. The van der Waals surface area contributed by atoms with Crippen LogP contribution in [-0.4, -0.2) is 24.0 Å². The maximum Gasteiger partial charge on any atom is 0.00952 e. The molecule has 1 heteroatoms. The molecule has 1 heterocycles. The third-order valence-electron chi connectivity index (χ3n) is 3.66. The number of rotatable bonds is 5. The lowest BCUT2D eigenvalue weighted by atomic mass is 9.89. The van der Waals surface area contributed by atoms with E-state index in [0.717, 1.165) is 17.9 Å². The molecule has 0 saturated carbocycles. The summed E-state index contributed by atoms with van der Waals surface area (Å²) in [6.07, 6.45) is 6.90. The van der Waals surface area contributed by atoms with E-state index in [1.807, 2.05) is 0 Å². The fourth-order valence-corrected chi connectivity index (χ4v) is 3.19. The van der Waals surface area contributed by atoms with E-state index >= 15 is 0 Å². The van der Waals surface area contributed by atoms with Gasteiger partial charge in [0.25, 0.3) is 0 Å². The van der Waals surface area contributed by atoms with Crippen molar-refractivity contribution in [1.29, 1.82) is 0 Å². The zero-order valence-corrected chi connectivity index (χ0v) is 11.1. The number of piperidine rings is 1. The average Bonchev–Trinajstić information content (AvgIpc) is 2.16. The van der Waals surface area contributed by atoms with Crippen molar-refractivity contribution in [2.24, 2.45) is 11.8 Å². The predicted molar refractivity (Wildman–Crippen MR) is 68.1 cm³/mol. The Labute approximate surface area is 96.2 Å². The summed E-state index contributed by atoms with van der Waals surface area (Å²) in [7, 11) is 0. The lowest BCUT2D eigenvalue weighted by Gasteiger charge is -2.40. The standard InChI is InChI=1S/C14H29N/c1-5-7-14(8-6-2)15-10-12(3)9-13(4)11-15/h12-14H,5-11H2,1-4H3/t12-,13+. The Bertz CT molecular complexity index is 151. The van der Waals surface area contributed by atoms with E-state index < -0.39 is 0 Å². The first-order valence-corrected chi connectivity index (χ1v) is 6.91. The van der Waals surface area contributed by atoms with E-state index in [1.54, 1.807) is 0 Å². The molecule has 1 fully saturated rings. The first-order chi connectivity index (χ1) is 7.17. The third kappa shape index (κ3) is 4.14. The van der Waals surface area contributed by atoms with E-state index in [-0.39, 0.29) is 0 Å². The molecule has 0 aromatic carbocycles. The predicted octanol–water partition coefficient (Wildman–Crippen LogP) is 3.93. The molecule has 2 atom stereocenters. The molecule has 0 aromatic heterocycles. The lowest BCUT2D eigenvalue weighted by molar-refractivity contribution is 0.0854. The van der Waals surface area contributed by atoms with Crippen molar-refractivity contribution >= 4 is 0 Å². The minimum atomic E-state index is 0.866. The summed E-state index contributed by atoms with van der Waals surface area (Å²) < 4.78 is 0. The van der Waals surface area contributed by atoms with Gasteiger partial charge in [0.05, 0.1) is 0 Å². The fourth-order valence-electron chi connectivity index (χ4n) is 3.19. The molecule has 0 radical (unpaired) electrons. The van der Waals surface area contributed by atoms with Crippen molar-refractivity contribution in [2.45, 2.75) is 65.8 Å². The van der Waals surface area contributed by atoms with Crippen LogP contribution in [0.2, 0.25) is 0 Å². The topological polar surface area (TPSA) is 3.24 Å². The molecule has 1 aliphatic heterocycles. The van der Waals surface area contributed by atoms with Gasteiger partial charge >= 0.3 is 0 Å². The second kappa shape index (κ2) is 6.52. The molecule has 1 saturated heterocycles. The van der Waals surface area contributed by atoms with Crippen LogP contribution in [0, 0.1) is 11.8 Å². The van der Waals surface area contributed by atoms with Gasteiger partial charge in [-0.15, -0.1) is 0 Å². The molecule has 1 nitrogen and oxygen atoms in total. The minimum absolute atomic E-state index is 0.866. The smallest absolute Gasteiger partial charge is 0.00952 e. The molecule has 90 valence electrons. The highest BCUT2D eigenvalue weighted by Gasteiger charge is 2.26. The maximum atomic E-state index is 2.77. The van der Waals surface area contributed by atoms with Gasteiger partial charge in [-0.05, 0) is 31.1 Å². The van der Waals surface area contributed by atoms with Crippen molar-refractivity contribution in [3.8, 4) is 0 Å². The second-order valence-electron chi connectivity index (χ2n) is 5.63. The molecule has 0 aromatic rings. The Balaban J connectivity index is 2.49. The van der Waals surface area contributed by atoms with Gasteiger partial charge in [-0.3, -0.25) is 4.90 Å². The average molecular weight is 211 g/mol. The lowest BCUT2D eigenvalue weighted by Crippen LogP contribution is -2.45. The van der Waals surface area contributed by atoms with E-state index in [9.17, 15) is 0 Å². The highest BCUT2D eigenvalue weighted by molar-refractivity contribution is 4.80. The van der Waals surface area contributed by atoms with Gasteiger partial charge in [-0.1, -0.05) is 40.5 Å². The van der Waals surface area contributed by atoms with E-state index in [2.05, 4.69) is 32.6 Å². The molecule has 0 aliphatic carbocycles. The molecule has 15 heavy (non-hydrogen) atoms. The molecule has 0 amide bonds. The molecular formula is C14H29N. The molecule has 1 aliphatic rings. The summed E-state index contributed by atoms with van der Waals surface area (Å²) in [5.41, 5.74) is 0. The Morgan fingerprint density at radius 2 is 1.47 bits per heavy atom. The van der Waals surface area contributed by atoms with Crippen LogP contribution in [0.25, 0.3) is 0 Å². The van der Waals surface area contributed by atoms with Gasteiger partial charge in [0, 0.05) is 19.1 Å². The quantitative estimate of drug-likeness (QED) is 0.666. The van der Waals surface area contributed by atoms with Gasteiger partial charge in [-0.25, -0.2) is 0 Å². The number of hydrogen-bond acceptors (Lipinski definition) is 1. The van der Waals surface area contributed by atoms with Crippen molar-refractivity contribution < 1.29 is 0 Å². The molecule has 1 rings (SSSR count). The largest absolute Gasteiger partial charge is 0.300 e. The summed E-state index contributed by atoms with van der Waals surface area (Å²) in [5.74, 6) is 1.81. The Kier molecular flexibility index (Phi) is 5.66. The molecule has 0 spiro atoms. The second-order valence-corrected chi connectivity index (χ2v) is 5.63. The molecule has 0 unspecified atom stereocenters. The number of likely N-dealkylation sites (tertiary alicyclic amines) is 1. The van der Waals surface area contributed by atoms with Crippen LogP contribution in [-0.2, 0) is 0 Å².